The van der Waals surface area contributed by atoms with Crippen LogP contribution in [0.1, 0.15) is 71.1 Å². The zero-order valence-electron chi connectivity index (χ0n) is 23.1. The molecule has 11 heteroatoms. The van der Waals surface area contributed by atoms with E-state index in [2.05, 4.69) is 16.6 Å². The van der Waals surface area contributed by atoms with Gasteiger partial charge < -0.3 is 9.47 Å². The first-order valence-corrected chi connectivity index (χ1v) is 14.2. The SMILES string of the molecule is CCCCC1=CCC(/C(F)=C(\F)C2CCC(C(F)(F)Oc3ccc(-c4ccc(OC(F)(F)F)c(F)c4)nc3)CC2)CC1. The van der Waals surface area contributed by atoms with Crippen LogP contribution in [0.3, 0.4) is 0 Å². The van der Waals surface area contributed by atoms with E-state index in [1.807, 2.05) is 6.08 Å². The normalized spacial score (nSPS) is 22.3. The van der Waals surface area contributed by atoms with E-state index in [4.69, 9.17) is 4.74 Å². The number of nitrogens with zero attached hydrogens (tertiary/aromatic N) is 1. The molecule has 2 aliphatic carbocycles. The lowest BCUT2D eigenvalue weighted by Crippen LogP contribution is -2.37. The molecule has 1 aromatic heterocycles. The summed E-state index contributed by atoms with van der Waals surface area (Å²) in [6.07, 6.45) is -0.726. The first kappa shape index (κ1) is 31.8. The molecular formula is C31H33F8NO2. The zero-order valence-corrected chi connectivity index (χ0v) is 23.1. The van der Waals surface area contributed by atoms with Gasteiger partial charge in [0, 0.05) is 17.4 Å². The lowest BCUT2D eigenvalue weighted by atomic mass is 9.79. The second kappa shape index (κ2) is 13.5. The molecule has 2 aromatic rings. The fourth-order valence-corrected chi connectivity index (χ4v) is 5.54. The van der Waals surface area contributed by atoms with Crippen molar-refractivity contribution >= 4 is 0 Å². The van der Waals surface area contributed by atoms with Gasteiger partial charge in [-0.05, 0) is 88.1 Å². The van der Waals surface area contributed by atoms with Crippen molar-refractivity contribution in [1.82, 2.24) is 4.98 Å². The highest BCUT2D eigenvalue weighted by Crippen LogP contribution is 2.44. The first-order valence-electron chi connectivity index (χ1n) is 14.2. The molecule has 0 N–H and O–H groups in total. The summed E-state index contributed by atoms with van der Waals surface area (Å²) in [4.78, 5) is 3.95. The van der Waals surface area contributed by atoms with Gasteiger partial charge in [-0.1, -0.05) is 25.0 Å². The molecule has 1 heterocycles. The molecule has 0 aliphatic heterocycles. The van der Waals surface area contributed by atoms with E-state index in [9.17, 15) is 30.7 Å². The molecule has 1 fully saturated rings. The van der Waals surface area contributed by atoms with Crippen LogP contribution in [0.2, 0.25) is 0 Å². The second-order valence-electron chi connectivity index (χ2n) is 10.9. The number of hydrogen-bond acceptors (Lipinski definition) is 3. The molecule has 42 heavy (non-hydrogen) atoms. The van der Waals surface area contributed by atoms with Crippen molar-refractivity contribution in [2.45, 2.75) is 83.6 Å². The molecular weight excluding hydrogens is 570 g/mol. The van der Waals surface area contributed by atoms with Crippen LogP contribution in [-0.2, 0) is 0 Å². The van der Waals surface area contributed by atoms with Crippen molar-refractivity contribution in [3.63, 3.8) is 0 Å². The van der Waals surface area contributed by atoms with Gasteiger partial charge in [0.15, 0.2) is 11.6 Å². The van der Waals surface area contributed by atoms with E-state index < -0.39 is 53.4 Å². The lowest BCUT2D eigenvalue weighted by Gasteiger charge is -2.33. The number of benzene rings is 1. The minimum atomic E-state index is -5.06. The number of unbranched alkanes of at least 4 members (excludes halogenated alkanes) is 1. The third kappa shape index (κ3) is 8.25. The zero-order chi connectivity index (χ0) is 30.5. The number of ether oxygens (including phenoxy) is 2. The van der Waals surface area contributed by atoms with Crippen LogP contribution >= 0.6 is 0 Å². The maximum Gasteiger partial charge on any atom is 0.573 e. The van der Waals surface area contributed by atoms with Crippen LogP contribution in [0.25, 0.3) is 11.3 Å². The van der Waals surface area contributed by atoms with Crippen LogP contribution in [0.4, 0.5) is 35.1 Å². The van der Waals surface area contributed by atoms with E-state index in [1.54, 1.807) is 0 Å². The van der Waals surface area contributed by atoms with Gasteiger partial charge in [-0.25, -0.2) is 13.2 Å². The Morgan fingerprint density at radius 2 is 1.62 bits per heavy atom. The second-order valence-corrected chi connectivity index (χ2v) is 10.9. The highest BCUT2D eigenvalue weighted by Gasteiger charge is 2.45. The summed E-state index contributed by atoms with van der Waals surface area (Å²) in [6.45, 7) is 2.10. The molecule has 0 bridgehead atoms. The van der Waals surface area contributed by atoms with Gasteiger partial charge in [-0.3, -0.25) is 4.98 Å². The van der Waals surface area contributed by atoms with Crippen LogP contribution in [0, 0.1) is 23.6 Å². The highest BCUT2D eigenvalue weighted by atomic mass is 19.4. The average molecular weight is 604 g/mol. The summed E-state index contributed by atoms with van der Waals surface area (Å²) in [5.74, 6) is -6.58. The van der Waals surface area contributed by atoms with E-state index in [1.165, 1.54) is 17.7 Å². The van der Waals surface area contributed by atoms with Crippen molar-refractivity contribution in [1.29, 1.82) is 0 Å². The monoisotopic (exact) mass is 603 g/mol. The molecule has 2 aliphatic rings. The number of rotatable bonds is 10. The quantitative estimate of drug-likeness (QED) is 0.200. The summed E-state index contributed by atoms with van der Waals surface area (Å²) >= 11 is 0. The standard InChI is InChI=1S/C31H33F8NO2/c1-2-3-4-19-5-7-20(8-6-19)28(33)29(34)21-9-12-23(13-10-21)30(35,36)41-24-14-15-26(40-18-24)22-11-16-27(25(32)17-22)42-31(37,38)39/h5,11,14-18,20-21,23H,2-4,6-10,12-13H2,1H3/b29-28+. The van der Waals surface area contributed by atoms with Crippen molar-refractivity contribution < 1.29 is 44.6 Å². The van der Waals surface area contributed by atoms with Gasteiger partial charge >= 0.3 is 12.5 Å². The lowest BCUT2D eigenvalue weighted by molar-refractivity contribution is -0.275. The van der Waals surface area contributed by atoms with Crippen LogP contribution < -0.4 is 9.47 Å². The summed E-state index contributed by atoms with van der Waals surface area (Å²) in [5, 5.41) is 0. The molecule has 1 aromatic carbocycles. The fourth-order valence-electron chi connectivity index (χ4n) is 5.54. The number of aromatic nitrogens is 1. The van der Waals surface area contributed by atoms with Gasteiger partial charge in [-0.15, -0.1) is 13.2 Å². The molecule has 0 radical (unpaired) electrons. The van der Waals surface area contributed by atoms with Crippen molar-refractivity contribution in [3.05, 3.63) is 65.6 Å². The van der Waals surface area contributed by atoms with E-state index in [-0.39, 0.29) is 42.7 Å². The van der Waals surface area contributed by atoms with Gasteiger partial charge in [0.25, 0.3) is 0 Å². The van der Waals surface area contributed by atoms with Crippen molar-refractivity contribution in [3.8, 4) is 22.8 Å². The molecule has 0 saturated heterocycles. The Balaban J connectivity index is 1.32. The van der Waals surface area contributed by atoms with Crippen LogP contribution in [0.5, 0.6) is 11.5 Å². The molecule has 4 rings (SSSR count). The first-order chi connectivity index (χ1) is 19.9. The van der Waals surface area contributed by atoms with Gasteiger partial charge in [0.1, 0.15) is 17.4 Å². The third-order valence-corrected chi connectivity index (χ3v) is 7.95. The highest BCUT2D eigenvalue weighted by molar-refractivity contribution is 5.60. The van der Waals surface area contributed by atoms with Gasteiger partial charge in [-0.2, -0.15) is 8.78 Å². The Hall–Kier alpha value is -3.11. The molecule has 1 atom stereocenters. The maximum atomic E-state index is 15.0. The van der Waals surface area contributed by atoms with Gasteiger partial charge in [0.2, 0.25) is 0 Å². The fraction of sp³-hybridized carbons (Fsp3) is 0.516. The summed E-state index contributed by atoms with van der Waals surface area (Å²) in [6, 6.07) is 5.16. The van der Waals surface area contributed by atoms with Crippen molar-refractivity contribution in [2.75, 3.05) is 0 Å². The molecule has 0 amide bonds. The van der Waals surface area contributed by atoms with E-state index in [0.29, 0.717) is 12.8 Å². The van der Waals surface area contributed by atoms with Crippen LogP contribution in [-0.4, -0.2) is 17.5 Å². The topological polar surface area (TPSA) is 31.4 Å². The van der Waals surface area contributed by atoms with E-state index in [0.717, 1.165) is 50.1 Å². The maximum absolute atomic E-state index is 15.0. The van der Waals surface area contributed by atoms with E-state index >= 15 is 4.39 Å². The molecule has 0 spiro atoms. The minimum Gasteiger partial charge on any atom is -0.431 e. The Labute approximate surface area is 239 Å². The summed E-state index contributed by atoms with van der Waals surface area (Å²) in [7, 11) is 0. The predicted molar refractivity (Wildman–Crippen MR) is 142 cm³/mol. The number of hydrogen-bond donors (Lipinski definition) is 0. The average Bonchev–Trinajstić information content (AvgIpc) is 2.96. The third-order valence-electron chi connectivity index (χ3n) is 7.95. The van der Waals surface area contributed by atoms with Gasteiger partial charge in [0.05, 0.1) is 17.8 Å². The van der Waals surface area contributed by atoms with Crippen molar-refractivity contribution in [2.24, 2.45) is 17.8 Å². The number of allylic oxidation sites excluding steroid dienone is 4. The predicted octanol–water partition coefficient (Wildman–Crippen LogP) is 10.6. The minimum absolute atomic E-state index is 0.0543. The Morgan fingerprint density at radius 1 is 0.905 bits per heavy atom. The molecule has 230 valence electrons. The van der Waals surface area contributed by atoms with Crippen LogP contribution in [0.15, 0.2) is 59.8 Å². The molecule has 1 saturated carbocycles. The number of pyridine rings is 1. The summed E-state index contributed by atoms with van der Waals surface area (Å²) < 4.78 is 119. The Kier molecular flexibility index (Phi) is 10.2. The number of alkyl halides is 5. The molecule has 3 nitrogen and oxygen atoms in total. The number of halogens is 8. The summed E-state index contributed by atoms with van der Waals surface area (Å²) in [5.41, 5.74) is 1.50. The molecule has 1 unspecified atom stereocenters. The Bertz CT molecular complexity index is 1260. The Morgan fingerprint density at radius 3 is 2.19 bits per heavy atom. The smallest absolute Gasteiger partial charge is 0.431 e. The largest absolute Gasteiger partial charge is 0.573 e.